The summed E-state index contributed by atoms with van der Waals surface area (Å²) in [6.07, 6.45) is 5.53. The first-order valence-electron chi connectivity index (χ1n) is 8.66. The SMILES string of the molecule is Cc1ccc(CN(C)C(=O)CN2CCc3c(ncn3C3CC3)C2)o1. The molecule has 0 spiro atoms. The van der Waals surface area contributed by atoms with Crippen molar-refractivity contribution in [2.45, 2.75) is 45.3 Å². The second kappa shape index (κ2) is 6.09. The van der Waals surface area contributed by atoms with Crippen LogP contribution in [-0.4, -0.2) is 45.4 Å². The summed E-state index contributed by atoms with van der Waals surface area (Å²) in [6, 6.07) is 4.53. The average Bonchev–Trinajstić information content (AvgIpc) is 3.19. The number of nitrogens with zero attached hydrogens (tertiary/aromatic N) is 4. The zero-order valence-corrected chi connectivity index (χ0v) is 14.4. The summed E-state index contributed by atoms with van der Waals surface area (Å²) in [5, 5.41) is 0. The number of furan rings is 1. The van der Waals surface area contributed by atoms with Gasteiger partial charge in [0.1, 0.15) is 11.5 Å². The van der Waals surface area contributed by atoms with Crippen molar-refractivity contribution in [2.24, 2.45) is 0 Å². The van der Waals surface area contributed by atoms with Crippen molar-refractivity contribution in [3.63, 3.8) is 0 Å². The number of amides is 1. The van der Waals surface area contributed by atoms with E-state index >= 15 is 0 Å². The molecular formula is C18H24N4O2. The van der Waals surface area contributed by atoms with Gasteiger partial charge in [-0.3, -0.25) is 9.69 Å². The van der Waals surface area contributed by atoms with E-state index in [4.69, 9.17) is 4.42 Å². The zero-order valence-electron chi connectivity index (χ0n) is 14.4. The van der Waals surface area contributed by atoms with E-state index in [0.717, 1.165) is 36.7 Å². The maximum Gasteiger partial charge on any atom is 0.236 e. The highest BCUT2D eigenvalue weighted by molar-refractivity contribution is 5.78. The number of aromatic nitrogens is 2. The standard InChI is InChI=1S/C18H24N4O2/c1-13-3-6-15(24-13)9-20(2)18(23)11-21-8-7-17-16(10-21)19-12-22(17)14-4-5-14/h3,6,12,14H,4-5,7-11H2,1-2H3. The number of carbonyl (C=O) groups is 1. The molecule has 1 aliphatic carbocycles. The van der Waals surface area contributed by atoms with Gasteiger partial charge in [-0.1, -0.05) is 0 Å². The van der Waals surface area contributed by atoms with E-state index in [2.05, 4.69) is 14.5 Å². The van der Waals surface area contributed by atoms with E-state index in [1.54, 1.807) is 4.90 Å². The molecular weight excluding hydrogens is 304 g/mol. The Bertz CT molecular complexity index is 744. The highest BCUT2D eigenvalue weighted by atomic mass is 16.3. The molecule has 24 heavy (non-hydrogen) atoms. The van der Waals surface area contributed by atoms with Crippen LogP contribution >= 0.6 is 0 Å². The normalized spacial score (nSPS) is 17.8. The fourth-order valence-corrected chi connectivity index (χ4v) is 3.39. The van der Waals surface area contributed by atoms with E-state index < -0.39 is 0 Å². The predicted molar refractivity (Wildman–Crippen MR) is 89.4 cm³/mol. The van der Waals surface area contributed by atoms with E-state index in [1.165, 1.54) is 18.5 Å². The van der Waals surface area contributed by atoms with Crippen LogP contribution in [0.25, 0.3) is 0 Å². The lowest BCUT2D eigenvalue weighted by Crippen LogP contribution is -2.40. The van der Waals surface area contributed by atoms with E-state index in [0.29, 0.717) is 19.1 Å². The molecule has 1 aliphatic heterocycles. The van der Waals surface area contributed by atoms with Gasteiger partial charge in [0.15, 0.2) is 0 Å². The molecule has 1 amide bonds. The molecule has 2 aliphatic rings. The summed E-state index contributed by atoms with van der Waals surface area (Å²) < 4.78 is 7.90. The lowest BCUT2D eigenvalue weighted by atomic mass is 10.1. The van der Waals surface area contributed by atoms with Crippen LogP contribution in [0.2, 0.25) is 0 Å². The monoisotopic (exact) mass is 328 g/mol. The molecule has 1 fully saturated rings. The quantitative estimate of drug-likeness (QED) is 0.844. The number of hydrogen-bond acceptors (Lipinski definition) is 4. The summed E-state index contributed by atoms with van der Waals surface area (Å²) in [5.74, 6) is 1.82. The van der Waals surface area contributed by atoms with Crippen molar-refractivity contribution < 1.29 is 9.21 Å². The van der Waals surface area contributed by atoms with Crippen molar-refractivity contribution in [1.82, 2.24) is 19.4 Å². The third-order valence-corrected chi connectivity index (χ3v) is 4.93. The minimum absolute atomic E-state index is 0.120. The van der Waals surface area contributed by atoms with E-state index in [1.807, 2.05) is 32.4 Å². The molecule has 2 aromatic rings. The van der Waals surface area contributed by atoms with Crippen molar-refractivity contribution in [1.29, 1.82) is 0 Å². The van der Waals surface area contributed by atoms with Gasteiger partial charge < -0.3 is 13.9 Å². The summed E-state index contributed by atoms with van der Waals surface area (Å²) in [4.78, 5) is 21.0. The number of carbonyl (C=O) groups excluding carboxylic acids is 1. The van der Waals surface area contributed by atoms with Gasteiger partial charge in [-0.2, -0.15) is 0 Å². The van der Waals surface area contributed by atoms with Gasteiger partial charge >= 0.3 is 0 Å². The molecule has 3 heterocycles. The first-order chi connectivity index (χ1) is 11.6. The highest BCUT2D eigenvalue weighted by Gasteiger charge is 2.30. The molecule has 128 valence electrons. The predicted octanol–water partition coefficient (Wildman–Crippen LogP) is 2.14. The summed E-state index contributed by atoms with van der Waals surface area (Å²) >= 11 is 0. The summed E-state index contributed by atoms with van der Waals surface area (Å²) in [6.45, 7) is 4.56. The molecule has 0 unspecified atom stereocenters. The van der Waals surface area contributed by atoms with Crippen molar-refractivity contribution >= 4 is 5.91 Å². The van der Waals surface area contributed by atoms with Crippen molar-refractivity contribution in [2.75, 3.05) is 20.1 Å². The Morgan fingerprint density at radius 1 is 1.42 bits per heavy atom. The molecule has 0 aromatic carbocycles. The van der Waals surface area contributed by atoms with Gasteiger partial charge in [0.05, 0.1) is 25.1 Å². The van der Waals surface area contributed by atoms with Gasteiger partial charge in [0.2, 0.25) is 5.91 Å². The largest absolute Gasteiger partial charge is 0.464 e. The zero-order chi connectivity index (χ0) is 16.7. The van der Waals surface area contributed by atoms with Gasteiger partial charge in [-0.05, 0) is 31.9 Å². The Balaban J connectivity index is 1.34. The first-order valence-corrected chi connectivity index (χ1v) is 8.66. The molecule has 4 rings (SSSR count). The molecule has 0 atom stereocenters. The van der Waals surface area contributed by atoms with Crippen LogP contribution in [0, 0.1) is 6.92 Å². The number of fused-ring (bicyclic) bond motifs is 1. The number of imidazole rings is 1. The second-order valence-electron chi connectivity index (χ2n) is 7.00. The number of hydrogen-bond donors (Lipinski definition) is 0. The minimum atomic E-state index is 0.120. The van der Waals surface area contributed by atoms with Crippen molar-refractivity contribution in [3.05, 3.63) is 41.4 Å². The average molecular weight is 328 g/mol. The first kappa shape index (κ1) is 15.4. The smallest absolute Gasteiger partial charge is 0.236 e. The van der Waals surface area contributed by atoms with E-state index in [-0.39, 0.29) is 5.91 Å². The molecule has 0 N–H and O–H groups in total. The van der Waals surface area contributed by atoms with Crippen LogP contribution in [0.5, 0.6) is 0 Å². The highest BCUT2D eigenvalue weighted by Crippen LogP contribution is 2.37. The molecule has 6 nitrogen and oxygen atoms in total. The van der Waals surface area contributed by atoms with Crippen molar-refractivity contribution in [3.8, 4) is 0 Å². The number of likely N-dealkylation sites (N-methyl/N-ethyl adjacent to an activating group) is 1. The fraction of sp³-hybridized carbons (Fsp3) is 0.556. The maximum atomic E-state index is 12.5. The van der Waals surface area contributed by atoms with Gasteiger partial charge in [-0.25, -0.2) is 4.98 Å². The lowest BCUT2D eigenvalue weighted by molar-refractivity contribution is -0.132. The van der Waals surface area contributed by atoms with Crippen LogP contribution in [0.4, 0.5) is 0 Å². The van der Waals surface area contributed by atoms with Crippen LogP contribution < -0.4 is 0 Å². The fourth-order valence-electron chi connectivity index (χ4n) is 3.39. The van der Waals surface area contributed by atoms with E-state index in [9.17, 15) is 4.79 Å². The lowest BCUT2D eigenvalue weighted by Gasteiger charge is -2.28. The summed E-state index contributed by atoms with van der Waals surface area (Å²) in [5.41, 5.74) is 2.52. The molecule has 2 aromatic heterocycles. The molecule has 0 saturated heterocycles. The van der Waals surface area contributed by atoms with Gasteiger partial charge in [0, 0.05) is 38.3 Å². The maximum absolute atomic E-state index is 12.5. The summed E-state index contributed by atoms with van der Waals surface area (Å²) in [7, 11) is 1.83. The van der Waals surface area contributed by atoms with Crippen LogP contribution in [0.1, 0.15) is 41.8 Å². The number of rotatable bonds is 5. The van der Waals surface area contributed by atoms with Crippen LogP contribution in [0.3, 0.4) is 0 Å². The Hall–Kier alpha value is -2.08. The molecule has 0 radical (unpaired) electrons. The Kier molecular flexibility index (Phi) is 3.92. The Labute approximate surface area is 142 Å². The topological polar surface area (TPSA) is 54.5 Å². The third kappa shape index (κ3) is 3.11. The van der Waals surface area contributed by atoms with Crippen LogP contribution in [-0.2, 0) is 24.3 Å². The van der Waals surface area contributed by atoms with Gasteiger partial charge in [0.25, 0.3) is 0 Å². The molecule has 6 heteroatoms. The van der Waals surface area contributed by atoms with Gasteiger partial charge in [-0.15, -0.1) is 0 Å². The molecule has 1 saturated carbocycles. The second-order valence-corrected chi connectivity index (χ2v) is 7.00. The molecule has 0 bridgehead atoms. The Morgan fingerprint density at radius 3 is 2.96 bits per heavy atom. The number of aryl methyl sites for hydroxylation is 1. The third-order valence-electron chi connectivity index (χ3n) is 4.93. The Morgan fingerprint density at radius 2 is 2.25 bits per heavy atom. The minimum Gasteiger partial charge on any atom is -0.464 e. The van der Waals surface area contributed by atoms with Crippen LogP contribution in [0.15, 0.2) is 22.9 Å².